The quantitative estimate of drug-likeness (QED) is 0.264. The van der Waals surface area contributed by atoms with Gasteiger partial charge >= 0.3 is 12.1 Å². The molecule has 0 unspecified atom stereocenters. The molecular weight excluding hydrogens is 436 g/mol. The van der Waals surface area contributed by atoms with Crippen LogP contribution in [0.5, 0.6) is 5.75 Å². The van der Waals surface area contributed by atoms with Gasteiger partial charge in [0.2, 0.25) is 5.91 Å². The van der Waals surface area contributed by atoms with Gasteiger partial charge in [-0.3, -0.25) is 4.79 Å². The maximum absolute atomic E-state index is 13.5. The number of esters is 1. The van der Waals surface area contributed by atoms with Crippen LogP contribution in [0.2, 0.25) is 0 Å². The summed E-state index contributed by atoms with van der Waals surface area (Å²) in [6, 6.07) is 6.07. The van der Waals surface area contributed by atoms with Crippen LogP contribution in [0.1, 0.15) is 57.9 Å². The van der Waals surface area contributed by atoms with Gasteiger partial charge in [0.25, 0.3) is 0 Å². The first kappa shape index (κ1) is 27.2. The minimum Gasteiger partial charge on any atom is -0.488 e. The van der Waals surface area contributed by atoms with E-state index < -0.39 is 24.1 Å². The first-order chi connectivity index (χ1) is 16.4. The van der Waals surface area contributed by atoms with E-state index >= 15 is 0 Å². The molecule has 3 atom stereocenters. The first-order valence-electron chi connectivity index (χ1n) is 12.1. The van der Waals surface area contributed by atoms with E-state index in [1.807, 2.05) is 38.1 Å². The number of para-hydroxylation sites is 1. The Labute approximate surface area is 202 Å². The van der Waals surface area contributed by atoms with E-state index in [9.17, 15) is 14.4 Å². The van der Waals surface area contributed by atoms with Gasteiger partial charge in [-0.2, -0.15) is 0 Å². The summed E-state index contributed by atoms with van der Waals surface area (Å²) < 4.78 is 16.4. The van der Waals surface area contributed by atoms with Crippen LogP contribution in [0.4, 0.5) is 4.79 Å². The maximum atomic E-state index is 13.5. The Balaban J connectivity index is 2.17. The molecule has 0 bridgehead atoms. The number of allylic oxidation sites excluding steroid dienone is 1. The Morgan fingerprint density at radius 3 is 2.62 bits per heavy atom. The lowest BCUT2D eigenvalue weighted by Crippen LogP contribution is -2.52. The zero-order valence-corrected chi connectivity index (χ0v) is 20.6. The fraction of sp³-hybridized carbons (Fsp3) is 0.577. The van der Waals surface area contributed by atoms with E-state index in [-0.39, 0.29) is 18.6 Å². The van der Waals surface area contributed by atoms with Crippen molar-refractivity contribution in [1.29, 1.82) is 0 Å². The van der Waals surface area contributed by atoms with Crippen LogP contribution in [0, 0.1) is 0 Å². The molecule has 1 fully saturated rings. The fourth-order valence-corrected chi connectivity index (χ4v) is 3.97. The highest BCUT2D eigenvalue weighted by atomic mass is 16.5. The van der Waals surface area contributed by atoms with E-state index in [2.05, 4.69) is 11.9 Å². The summed E-state index contributed by atoms with van der Waals surface area (Å²) in [5.74, 6) is -0.133. The molecule has 0 radical (unpaired) electrons. The molecule has 2 amide bonds. The van der Waals surface area contributed by atoms with Crippen LogP contribution < -0.4 is 10.1 Å². The molecule has 188 valence electrons. The van der Waals surface area contributed by atoms with Gasteiger partial charge in [0.15, 0.2) is 0 Å². The van der Waals surface area contributed by atoms with Crippen molar-refractivity contribution in [2.24, 2.45) is 0 Å². The number of carbonyl (C=O) groups excluding carboxylic acids is 3. The molecule has 0 aromatic heterocycles. The predicted molar refractivity (Wildman–Crippen MR) is 130 cm³/mol. The highest BCUT2D eigenvalue weighted by Crippen LogP contribution is 2.27. The molecule has 8 nitrogen and oxygen atoms in total. The second-order valence-corrected chi connectivity index (χ2v) is 8.43. The topological polar surface area (TPSA) is 94.2 Å². The number of benzene rings is 1. The zero-order chi connectivity index (χ0) is 24.9. The molecule has 0 saturated carbocycles. The molecule has 1 N–H and O–H groups in total. The Hall–Kier alpha value is -3.03. The van der Waals surface area contributed by atoms with Crippen molar-refractivity contribution in [2.45, 2.75) is 77.0 Å². The van der Waals surface area contributed by atoms with Gasteiger partial charge in [0.1, 0.15) is 23.9 Å². The van der Waals surface area contributed by atoms with Crippen molar-refractivity contribution in [2.75, 3.05) is 20.3 Å². The molecule has 1 aromatic carbocycles. The van der Waals surface area contributed by atoms with Crippen molar-refractivity contribution in [3.8, 4) is 5.75 Å². The maximum Gasteiger partial charge on any atom is 0.407 e. The number of nitrogens with zero attached hydrogens (tertiary/aromatic N) is 1. The zero-order valence-electron chi connectivity index (χ0n) is 20.6. The first-order valence-corrected chi connectivity index (χ1v) is 12.1. The normalized spacial score (nSPS) is 18.1. The molecule has 8 heteroatoms. The standard InChI is InChI=1S/C26H38N2O6/c1-5-8-14-21(27-26(31)33-16-9-6-2)24(29)28-18-20(17-22(28)25(30)32-4)34-23-15-11-10-13-19(23)12-7-3/h7,10-11,13,15,20-22H,3,5-6,8-9,12,14,16-18H2,1-2,4H3,(H,27,31)/t20-,21+,22+/m1/s1. The number of nitrogens with one attached hydrogen (secondary N) is 1. The van der Waals surface area contributed by atoms with Gasteiger partial charge < -0.3 is 24.4 Å². The lowest BCUT2D eigenvalue weighted by atomic mass is 10.1. The summed E-state index contributed by atoms with van der Waals surface area (Å²) in [6.07, 6.45) is 5.47. The van der Waals surface area contributed by atoms with Crippen LogP contribution >= 0.6 is 0 Å². The minimum atomic E-state index is -0.784. The Morgan fingerprint density at radius 2 is 1.94 bits per heavy atom. The number of rotatable bonds is 13. The van der Waals surface area contributed by atoms with Crippen molar-refractivity contribution >= 4 is 18.0 Å². The van der Waals surface area contributed by atoms with Gasteiger partial charge in [-0.05, 0) is 30.9 Å². The highest BCUT2D eigenvalue weighted by molar-refractivity contribution is 5.90. The summed E-state index contributed by atoms with van der Waals surface area (Å²) in [5, 5.41) is 2.70. The second-order valence-electron chi connectivity index (χ2n) is 8.43. The molecule has 2 rings (SSSR count). The van der Waals surface area contributed by atoms with E-state index in [1.54, 1.807) is 6.08 Å². The number of alkyl carbamates (subject to hydrolysis) is 1. The third-order valence-corrected chi connectivity index (χ3v) is 5.82. The number of carbonyl (C=O) groups is 3. The molecule has 0 aliphatic carbocycles. The molecule has 1 aliphatic heterocycles. The Morgan fingerprint density at radius 1 is 1.21 bits per heavy atom. The number of likely N-dealkylation sites (tertiary alicyclic amines) is 1. The van der Waals surface area contributed by atoms with E-state index in [0.717, 1.165) is 31.2 Å². The summed E-state index contributed by atoms with van der Waals surface area (Å²) in [4.78, 5) is 39.8. The highest BCUT2D eigenvalue weighted by Gasteiger charge is 2.43. The average molecular weight is 475 g/mol. The summed E-state index contributed by atoms with van der Waals surface area (Å²) >= 11 is 0. The van der Waals surface area contributed by atoms with Gasteiger partial charge in [-0.15, -0.1) is 6.58 Å². The van der Waals surface area contributed by atoms with Gasteiger partial charge in [0.05, 0.1) is 20.3 Å². The monoisotopic (exact) mass is 474 g/mol. The number of methoxy groups -OCH3 is 1. The molecule has 1 saturated heterocycles. The molecule has 1 heterocycles. The van der Waals surface area contributed by atoms with Crippen molar-refractivity contribution < 1.29 is 28.6 Å². The number of hydrogen-bond acceptors (Lipinski definition) is 6. The van der Waals surface area contributed by atoms with Crippen LogP contribution in [0.3, 0.4) is 0 Å². The van der Waals surface area contributed by atoms with Crippen molar-refractivity contribution in [1.82, 2.24) is 10.2 Å². The third-order valence-electron chi connectivity index (χ3n) is 5.82. The number of unbranched alkanes of at least 4 members (excludes halogenated alkanes) is 2. The summed E-state index contributed by atoms with van der Waals surface area (Å²) in [7, 11) is 1.30. The average Bonchev–Trinajstić information content (AvgIpc) is 3.26. The SMILES string of the molecule is C=CCc1ccccc1O[C@@H]1C[C@@H](C(=O)OC)N(C(=O)[C@H](CCCC)NC(=O)OCCCC)C1. The number of amides is 2. The number of hydrogen-bond donors (Lipinski definition) is 1. The molecule has 0 spiro atoms. The van der Waals surface area contributed by atoms with Gasteiger partial charge in [-0.1, -0.05) is 57.4 Å². The smallest absolute Gasteiger partial charge is 0.407 e. The van der Waals surface area contributed by atoms with Crippen molar-refractivity contribution in [3.63, 3.8) is 0 Å². The minimum absolute atomic E-state index is 0.218. The van der Waals surface area contributed by atoms with Crippen LogP contribution in [-0.4, -0.2) is 61.3 Å². The van der Waals surface area contributed by atoms with Gasteiger partial charge in [-0.25, -0.2) is 9.59 Å². The van der Waals surface area contributed by atoms with E-state index in [4.69, 9.17) is 14.2 Å². The van der Waals surface area contributed by atoms with Crippen molar-refractivity contribution in [3.05, 3.63) is 42.5 Å². The Bertz CT molecular complexity index is 827. The van der Waals surface area contributed by atoms with Crippen LogP contribution in [0.25, 0.3) is 0 Å². The van der Waals surface area contributed by atoms with E-state index in [0.29, 0.717) is 31.6 Å². The Kier molecular flexibility index (Phi) is 11.4. The fourth-order valence-electron chi connectivity index (χ4n) is 3.97. The summed E-state index contributed by atoms with van der Waals surface area (Å²) in [6.45, 7) is 8.32. The lowest BCUT2D eigenvalue weighted by molar-refractivity contribution is -0.151. The van der Waals surface area contributed by atoms with Crippen LogP contribution in [0.15, 0.2) is 36.9 Å². The second kappa shape index (κ2) is 14.3. The molecular formula is C26H38N2O6. The van der Waals surface area contributed by atoms with E-state index in [1.165, 1.54) is 12.0 Å². The van der Waals surface area contributed by atoms with Gasteiger partial charge in [0, 0.05) is 6.42 Å². The third kappa shape index (κ3) is 7.78. The molecule has 34 heavy (non-hydrogen) atoms. The molecule has 1 aromatic rings. The largest absolute Gasteiger partial charge is 0.488 e. The lowest BCUT2D eigenvalue weighted by Gasteiger charge is -2.27. The van der Waals surface area contributed by atoms with Crippen LogP contribution in [-0.2, 0) is 25.5 Å². The predicted octanol–water partition coefficient (Wildman–Crippen LogP) is 4.02. The summed E-state index contributed by atoms with van der Waals surface area (Å²) in [5.41, 5.74) is 0.981. The molecule has 1 aliphatic rings. The number of ether oxygens (including phenoxy) is 3.